The number of benzene rings is 2. The Morgan fingerprint density at radius 3 is 2.66 bits per heavy atom. The second kappa shape index (κ2) is 9.30. The van der Waals surface area contributed by atoms with Crippen molar-refractivity contribution in [2.24, 2.45) is 0 Å². The third-order valence-electron chi connectivity index (χ3n) is 4.61. The largest absolute Gasteiger partial charge is 0.368 e. The molecule has 8 nitrogen and oxygen atoms in total. The van der Waals surface area contributed by atoms with Crippen LogP contribution in [0.5, 0.6) is 0 Å². The van der Waals surface area contributed by atoms with Gasteiger partial charge in [-0.1, -0.05) is 12.1 Å². The second-order valence-corrected chi connectivity index (χ2v) is 8.00. The molecule has 0 bridgehead atoms. The number of aromatic nitrogens is 4. The van der Waals surface area contributed by atoms with Crippen LogP contribution in [-0.2, 0) is 6.54 Å². The summed E-state index contributed by atoms with van der Waals surface area (Å²) in [5, 5.41) is 10.0. The molecule has 0 aliphatic rings. The highest BCUT2D eigenvalue weighted by Gasteiger charge is 2.15. The molecule has 10 heteroatoms. The summed E-state index contributed by atoms with van der Waals surface area (Å²) >= 11 is 1.89. The Hall–Kier alpha value is -3.54. The number of nitrogen functional groups attached to an aromatic ring is 1. The second-order valence-electron chi connectivity index (χ2n) is 6.84. The summed E-state index contributed by atoms with van der Waals surface area (Å²) in [5.41, 5.74) is 9.64. The number of nitrogens with zero attached hydrogens (tertiary/aromatic N) is 4. The van der Waals surface area contributed by atoms with Crippen LogP contribution >= 0.6 is 22.6 Å². The van der Waals surface area contributed by atoms with Crippen LogP contribution in [0.25, 0.3) is 22.5 Å². The van der Waals surface area contributed by atoms with Crippen molar-refractivity contribution in [2.75, 3.05) is 16.4 Å². The van der Waals surface area contributed by atoms with Crippen molar-refractivity contribution >= 4 is 45.9 Å². The Balaban J connectivity index is 1.60. The number of carbonyl (C=O) groups is 1. The number of urea groups is 1. The standard InChI is InChI=1S/C22H19FIN7O/c1-2-31-12-16(20(30-31)19-8-9-26-21(25)29-19)13-4-3-5-14(10-13)27-22(32)28-15-6-7-18(24)17(23)11-15/h3-12H,2H2,1H3,(H2,25,26,29)(H2,27,28,32). The third-order valence-corrected chi connectivity index (χ3v) is 5.49. The molecule has 2 aromatic carbocycles. The molecule has 0 aliphatic heterocycles. The number of anilines is 3. The fraction of sp³-hybridized carbons (Fsp3) is 0.0909. The summed E-state index contributed by atoms with van der Waals surface area (Å²) in [4.78, 5) is 20.6. The van der Waals surface area contributed by atoms with E-state index in [-0.39, 0.29) is 5.95 Å². The molecule has 162 valence electrons. The molecule has 4 rings (SSSR count). The molecule has 2 heterocycles. The van der Waals surface area contributed by atoms with Crippen LogP contribution < -0.4 is 16.4 Å². The maximum Gasteiger partial charge on any atom is 0.323 e. The molecule has 2 aromatic heterocycles. The fourth-order valence-corrected chi connectivity index (χ4v) is 3.46. The summed E-state index contributed by atoms with van der Waals surface area (Å²) in [7, 11) is 0. The number of amides is 2. The molecular weight excluding hydrogens is 524 g/mol. The lowest BCUT2D eigenvalue weighted by molar-refractivity contribution is 0.262. The van der Waals surface area contributed by atoms with E-state index >= 15 is 0 Å². The highest BCUT2D eigenvalue weighted by atomic mass is 127. The van der Waals surface area contributed by atoms with Crippen LogP contribution in [0, 0.1) is 9.39 Å². The number of carbonyl (C=O) groups excluding carboxylic acids is 1. The highest BCUT2D eigenvalue weighted by Crippen LogP contribution is 2.31. The SMILES string of the molecule is CCn1cc(-c2cccc(NC(=O)Nc3ccc(I)c(F)c3)c2)c(-c2ccnc(N)n2)n1. The van der Waals surface area contributed by atoms with Gasteiger partial charge in [0, 0.05) is 39.4 Å². The summed E-state index contributed by atoms with van der Waals surface area (Å²) < 4.78 is 16.0. The van der Waals surface area contributed by atoms with Crippen molar-refractivity contribution in [1.82, 2.24) is 19.7 Å². The zero-order chi connectivity index (χ0) is 22.7. The maximum atomic E-state index is 13.7. The lowest BCUT2D eigenvalue weighted by Gasteiger charge is -2.10. The van der Waals surface area contributed by atoms with Crippen molar-refractivity contribution in [3.63, 3.8) is 0 Å². The minimum atomic E-state index is -0.476. The molecule has 0 saturated carbocycles. The summed E-state index contributed by atoms with van der Waals surface area (Å²) in [6, 6.07) is 13.1. The van der Waals surface area contributed by atoms with Gasteiger partial charge >= 0.3 is 6.03 Å². The smallest absolute Gasteiger partial charge is 0.323 e. The molecule has 2 amide bonds. The van der Waals surface area contributed by atoms with Crippen molar-refractivity contribution in [3.05, 3.63) is 70.3 Å². The van der Waals surface area contributed by atoms with Gasteiger partial charge in [0.15, 0.2) is 0 Å². The summed E-state index contributed by atoms with van der Waals surface area (Å²) in [6.45, 7) is 2.67. The Kier molecular flexibility index (Phi) is 6.30. The molecule has 4 aromatic rings. The molecule has 0 spiro atoms. The Morgan fingerprint density at radius 2 is 1.94 bits per heavy atom. The van der Waals surface area contributed by atoms with Gasteiger partial charge in [0.2, 0.25) is 5.95 Å². The first-order valence-electron chi connectivity index (χ1n) is 9.73. The molecule has 0 saturated heterocycles. The molecule has 0 radical (unpaired) electrons. The molecule has 0 atom stereocenters. The van der Waals surface area contributed by atoms with E-state index in [9.17, 15) is 9.18 Å². The lowest BCUT2D eigenvalue weighted by atomic mass is 10.0. The van der Waals surface area contributed by atoms with Gasteiger partial charge in [-0.3, -0.25) is 4.68 Å². The van der Waals surface area contributed by atoms with Crippen molar-refractivity contribution in [3.8, 4) is 22.5 Å². The van der Waals surface area contributed by atoms with E-state index in [1.54, 1.807) is 35.1 Å². The van der Waals surface area contributed by atoms with E-state index < -0.39 is 11.8 Å². The van der Waals surface area contributed by atoms with E-state index in [1.165, 1.54) is 6.07 Å². The van der Waals surface area contributed by atoms with Gasteiger partial charge in [-0.05, 0) is 71.5 Å². The Morgan fingerprint density at radius 1 is 1.16 bits per heavy atom. The first-order valence-corrected chi connectivity index (χ1v) is 10.8. The van der Waals surface area contributed by atoms with Crippen LogP contribution in [0.4, 0.5) is 26.5 Å². The van der Waals surface area contributed by atoms with Gasteiger partial charge in [0.1, 0.15) is 11.5 Å². The average molecular weight is 543 g/mol. The van der Waals surface area contributed by atoms with Crippen LogP contribution in [0.2, 0.25) is 0 Å². The van der Waals surface area contributed by atoms with Crippen molar-refractivity contribution in [1.29, 1.82) is 0 Å². The first kappa shape index (κ1) is 21.7. The number of nitrogens with two attached hydrogens (primary N) is 1. The number of rotatable bonds is 5. The Bertz CT molecular complexity index is 1290. The van der Waals surface area contributed by atoms with Gasteiger partial charge in [-0.25, -0.2) is 19.2 Å². The minimum absolute atomic E-state index is 0.165. The fourth-order valence-electron chi connectivity index (χ4n) is 3.12. The van der Waals surface area contributed by atoms with E-state index in [0.29, 0.717) is 32.9 Å². The van der Waals surface area contributed by atoms with Crippen LogP contribution in [-0.4, -0.2) is 25.8 Å². The highest BCUT2D eigenvalue weighted by molar-refractivity contribution is 14.1. The average Bonchev–Trinajstić information content (AvgIpc) is 3.21. The lowest BCUT2D eigenvalue weighted by Crippen LogP contribution is -2.19. The normalized spacial score (nSPS) is 10.7. The molecule has 0 aliphatic carbocycles. The van der Waals surface area contributed by atoms with Gasteiger partial charge in [0.05, 0.1) is 5.69 Å². The molecule has 4 N–H and O–H groups in total. The predicted molar refractivity (Wildman–Crippen MR) is 131 cm³/mol. The van der Waals surface area contributed by atoms with Crippen molar-refractivity contribution in [2.45, 2.75) is 13.5 Å². The minimum Gasteiger partial charge on any atom is -0.368 e. The van der Waals surface area contributed by atoms with Crippen LogP contribution in [0.15, 0.2) is 60.9 Å². The molecule has 0 fully saturated rings. The summed E-state index contributed by atoms with van der Waals surface area (Å²) in [6.07, 6.45) is 3.50. The number of aryl methyl sites for hydroxylation is 1. The third kappa shape index (κ3) is 4.85. The van der Waals surface area contributed by atoms with E-state index in [1.807, 2.05) is 53.9 Å². The summed E-state index contributed by atoms with van der Waals surface area (Å²) in [5.74, 6) is -0.227. The van der Waals surface area contributed by atoms with Gasteiger partial charge in [-0.2, -0.15) is 5.10 Å². The predicted octanol–water partition coefficient (Wildman–Crippen LogP) is 5.00. The molecule has 32 heavy (non-hydrogen) atoms. The van der Waals surface area contributed by atoms with E-state index in [2.05, 4.69) is 25.7 Å². The number of hydrogen-bond acceptors (Lipinski definition) is 5. The molecular formula is C22H19FIN7O. The Labute approximate surface area is 197 Å². The van der Waals surface area contributed by atoms with Gasteiger partial charge in [0.25, 0.3) is 0 Å². The van der Waals surface area contributed by atoms with E-state index in [4.69, 9.17) is 5.73 Å². The zero-order valence-corrected chi connectivity index (χ0v) is 19.2. The quantitative estimate of drug-likeness (QED) is 0.307. The van der Waals surface area contributed by atoms with Crippen LogP contribution in [0.3, 0.4) is 0 Å². The first-order chi connectivity index (χ1) is 15.4. The zero-order valence-electron chi connectivity index (χ0n) is 17.0. The number of halogens is 2. The van der Waals surface area contributed by atoms with Crippen LogP contribution in [0.1, 0.15) is 6.92 Å². The number of nitrogens with one attached hydrogen (secondary N) is 2. The van der Waals surface area contributed by atoms with Gasteiger partial charge < -0.3 is 16.4 Å². The van der Waals surface area contributed by atoms with Gasteiger partial charge in [-0.15, -0.1) is 0 Å². The number of hydrogen-bond donors (Lipinski definition) is 3. The van der Waals surface area contributed by atoms with Crippen molar-refractivity contribution < 1.29 is 9.18 Å². The van der Waals surface area contributed by atoms with E-state index in [0.717, 1.165) is 11.1 Å². The maximum absolute atomic E-state index is 13.7. The molecule has 0 unspecified atom stereocenters. The topological polar surface area (TPSA) is 111 Å². The monoisotopic (exact) mass is 543 g/mol.